The Kier molecular flexibility index (Phi) is 5.65. The number of pyridine rings is 1. The zero-order valence-corrected chi connectivity index (χ0v) is 18.4. The van der Waals surface area contributed by atoms with E-state index in [1.54, 1.807) is 25.3 Å². The lowest BCUT2D eigenvalue weighted by molar-refractivity contribution is 0.0746. The van der Waals surface area contributed by atoms with E-state index in [2.05, 4.69) is 4.90 Å². The van der Waals surface area contributed by atoms with Gasteiger partial charge >= 0.3 is 0 Å². The summed E-state index contributed by atoms with van der Waals surface area (Å²) < 4.78 is 19.7. The predicted octanol–water partition coefficient (Wildman–Crippen LogP) is 5.01. The number of fused-ring (bicyclic) bond motifs is 1. The van der Waals surface area contributed by atoms with Crippen LogP contribution >= 0.6 is 0 Å². The number of ether oxygens (including phenoxy) is 1. The van der Waals surface area contributed by atoms with E-state index in [1.165, 1.54) is 6.07 Å². The van der Waals surface area contributed by atoms with Crippen LogP contribution in [0.15, 0.2) is 78.9 Å². The minimum absolute atomic E-state index is 0.00172. The zero-order chi connectivity index (χ0) is 22.8. The number of para-hydroxylation sites is 1. The molecule has 33 heavy (non-hydrogen) atoms. The smallest absolute Gasteiger partial charge is 0.254 e. The van der Waals surface area contributed by atoms with E-state index >= 15 is 0 Å². The first kappa shape index (κ1) is 20.9. The van der Waals surface area contributed by atoms with Gasteiger partial charge in [0.2, 0.25) is 0 Å². The lowest BCUT2D eigenvalue weighted by Crippen LogP contribution is -2.49. The van der Waals surface area contributed by atoms with Gasteiger partial charge in [-0.25, -0.2) is 9.37 Å². The Hall–Kier alpha value is -3.93. The highest BCUT2D eigenvalue weighted by Gasteiger charge is 2.23. The summed E-state index contributed by atoms with van der Waals surface area (Å²) in [6.07, 6.45) is 0. The number of aromatic nitrogens is 1. The molecule has 6 heteroatoms. The summed E-state index contributed by atoms with van der Waals surface area (Å²) in [6, 6.07) is 23.8. The predicted molar refractivity (Wildman–Crippen MR) is 128 cm³/mol. The number of hydrogen-bond acceptors (Lipinski definition) is 4. The molecule has 2 heterocycles. The number of carbonyl (C=O) groups excluding carboxylic acids is 1. The molecule has 0 bridgehead atoms. The average molecular weight is 442 g/mol. The SMILES string of the molecule is COc1cccc(C(=O)N2CCN(c3ccc4cccc(-c5ccccc5F)c4n3)CC2)c1. The Balaban J connectivity index is 1.37. The highest BCUT2D eigenvalue weighted by Crippen LogP contribution is 2.31. The van der Waals surface area contributed by atoms with Crippen molar-refractivity contribution < 1.29 is 13.9 Å². The Bertz CT molecular complexity index is 1320. The van der Waals surface area contributed by atoms with Crippen LogP contribution in [0.5, 0.6) is 5.75 Å². The summed E-state index contributed by atoms with van der Waals surface area (Å²) in [4.78, 5) is 21.9. The van der Waals surface area contributed by atoms with Gasteiger partial charge in [-0.05, 0) is 36.4 Å². The minimum Gasteiger partial charge on any atom is -0.497 e. The number of nitrogens with zero attached hydrogens (tertiary/aromatic N) is 3. The summed E-state index contributed by atoms with van der Waals surface area (Å²) in [5.41, 5.74) is 2.72. The molecule has 4 aromatic rings. The van der Waals surface area contributed by atoms with Gasteiger partial charge in [-0.2, -0.15) is 0 Å². The third-order valence-corrected chi connectivity index (χ3v) is 6.08. The quantitative estimate of drug-likeness (QED) is 0.447. The molecule has 0 aliphatic carbocycles. The van der Waals surface area contributed by atoms with Gasteiger partial charge in [0.15, 0.2) is 0 Å². The minimum atomic E-state index is -0.262. The van der Waals surface area contributed by atoms with Crippen molar-refractivity contribution in [1.29, 1.82) is 0 Å². The van der Waals surface area contributed by atoms with E-state index in [0.717, 1.165) is 22.3 Å². The van der Waals surface area contributed by atoms with Gasteiger partial charge < -0.3 is 14.5 Å². The van der Waals surface area contributed by atoms with Crippen molar-refractivity contribution in [3.63, 3.8) is 0 Å². The summed E-state index contributed by atoms with van der Waals surface area (Å²) in [5.74, 6) is 1.24. The maximum Gasteiger partial charge on any atom is 0.254 e. The molecular formula is C27H24FN3O2. The second-order valence-electron chi connectivity index (χ2n) is 8.04. The molecule has 1 amide bonds. The van der Waals surface area contributed by atoms with Crippen LogP contribution in [0.25, 0.3) is 22.0 Å². The molecule has 166 valence electrons. The molecule has 5 nitrogen and oxygen atoms in total. The van der Waals surface area contributed by atoms with Gasteiger partial charge in [0.1, 0.15) is 17.4 Å². The van der Waals surface area contributed by atoms with Crippen LogP contribution in [-0.4, -0.2) is 49.1 Å². The molecule has 0 spiro atoms. The Labute approximate surface area is 192 Å². The van der Waals surface area contributed by atoms with E-state index in [9.17, 15) is 9.18 Å². The topological polar surface area (TPSA) is 45.7 Å². The molecule has 1 aliphatic rings. The Morgan fingerprint density at radius 2 is 1.64 bits per heavy atom. The number of methoxy groups -OCH3 is 1. The van der Waals surface area contributed by atoms with Gasteiger partial charge in [-0.1, -0.05) is 42.5 Å². The normalized spacial score (nSPS) is 13.9. The highest BCUT2D eigenvalue weighted by molar-refractivity contribution is 5.95. The fraction of sp³-hybridized carbons (Fsp3) is 0.185. The van der Waals surface area contributed by atoms with E-state index in [0.29, 0.717) is 43.1 Å². The van der Waals surface area contributed by atoms with Crippen LogP contribution in [0.3, 0.4) is 0 Å². The van der Waals surface area contributed by atoms with Crippen molar-refractivity contribution in [3.05, 3.63) is 90.2 Å². The van der Waals surface area contributed by atoms with Crippen molar-refractivity contribution >= 4 is 22.6 Å². The van der Waals surface area contributed by atoms with Gasteiger partial charge in [-0.15, -0.1) is 0 Å². The largest absolute Gasteiger partial charge is 0.497 e. The fourth-order valence-electron chi connectivity index (χ4n) is 4.29. The molecule has 1 saturated heterocycles. The van der Waals surface area contributed by atoms with Gasteiger partial charge in [-0.3, -0.25) is 4.79 Å². The molecule has 0 N–H and O–H groups in total. The van der Waals surface area contributed by atoms with Crippen molar-refractivity contribution in [1.82, 2.24) is 9.88 Å². The highest BCUT2D eigenvalue weighted by atomic mass is 19.1. The van der Waals surface area contributed by atoms with Gasteiger partial charge in [0.05, 0.1) is 12.6 Å². The number of carbonyl (C=O) groups is 1. The maximum absolute atomic E-state index is 14.5. The molecule has 0 radical (unpaired) electrons. The van der Waals surface area contributed by atoms with E-state index < -0.39 is 0 Å². The molecule has 1 aromatic heterocycles. The van der Waals surface area contributed by atoms with E-state index in [-0.39, 0.29) is 11.7 Å². The first-order valence-corrected chi connectivity index (χ1v) is 11.0. The first-order chi connectivity index (χ1) is 16.1. The number of rotatable bonds is 4. The molecular weight excluding hydrogens is 417 g/mol. The summed E-state index contributed by atoms with van der Waals surface area (Å²) >= 11 is 0. The first-order valence-electron chi connectivity index (χ1n) is 11.0. The molecule has 0 unspecified atom stereocenters. The standard InChI is InChI=1S/C27H24FN3O2/c1-33-21-8-4-7-20(18-21)27(32)31-16-14-30(15-17-31)25-13-12-19-6-5-10-23(26(19)29-25)22-9-2-3-11-24(22)28/h2-13,18H,14-17H2,1H3. The number of amides is 1. The average Bonchev–Trinajstić information content (AvgIpc) is 2.88. The van der Waals surface area contributed by atoms with Crippen LogP contribution in [0.2, 0.25) is 0 Å². The number of halogens is 1. The van der Waals surface area contributed by atoms with E-state index in [4.69, 9.17) is 9.72 Å². The maximum atomic E-state index is 14.5. The van der Waals surface area contributed by atoms with E-state index in [1.807, 2.05) is 59.5 Å². The number of anilines is 1. The summed E-state index contributed by atoms with van der Waals surface area (Å²) in [6.45, 7) is 2.56. The van der Waals surface area contributed by atoms with Crippen LogP contribution in [0.4, 0.5) is 10.2 Å². The summed E-state index contributed by atoms with van der Waals surface area (Å²) in [5, 5.41) is 0.964. The van der Waals surface area contributed by atoms with Crippen LogP contribution in [0, 0.1) is 5.82 Å². The zero-order valence-electron chi connectivity index (χ0n) is 18.4. The third-order valence-electron chi connectivity index (χ3n) is 6.08. The monoisotopic (exact) mass is 441 g/mol. The van der Waals surface area contributed by atoms with Crippen molar-refractivity contribution in [2.24, 2.45) is 0 Å². The molecule has 0 saturated carbocycles. The van der Waals surface area contributed by atoms with Gasteiger partial charge in [0, 0.05) is 48.3 Å². The molecule has 1 aliphatic heterocycles. The Morgan fingerprint density at radius 1 is 0.879 bits per heavy atom. The van der Waals surface area contributed by atoms with Crippen molar-refractivity contribution in [2.45, 2.75) is 0 Å². The number of hydrogen-bond donors (Lipinski definition) is 0. The second-order valence-corrected chi connectivity index (χ2v) is 8.04. The summed E-state index contributed by atoms with van der Waals surface area (Å²) in [7, 11) is 1.59. The lowest BCUT2D eigenvalue weighted by atomic mass is 10.0. The lowest BCUT2D eigenvalue weighted by Gasteiger charge is -2.35. The van der Waals surface area contributed by atoms with Crippen LogP contribution in [-0.2, 0) is 0 Å². The number of benzene rings is 3. The van der Waals surface area contributed by atoms with Crippen LogP contribution in [0.1, 0.15) is 10.4 Å². The van der Waals surface area contributed by atoms with Crippen molar-refractivity contribution in [3.8, 4) is 16.9 Å². The number of piperazine rings is 1. The molecule has 5 rings (SSSR count). The van der Waals surface area contributed by atoms with Gasteiger partial charge in [0.25, 0.3) is 5.91 Å². The van der Waals surface area contributed by atoms with Crippen LogP contribution < -0.4 is 9.64 Å². The molecule has 0 atom stereocenters. The second kappa shape index (κ2) is 8.90. The Morgan fingerprint density at radius 3 is 2.42 bits per heavy atom. The fourth-order valence-corrected chi connectivity index (χ4v) is 4.29. The molecule has 3 aromatic carbocycles. The molecule has 1 fully saturated rings. The third kappa shape index (κ3) is 4.12. The van der Waals surface area contributed by atoms with Crippen molar-refractivity contribution in [2.75, 3.05) is 38.2 Å².